The van der Waals surface area contributed by atoms with Crippen molar-refractivity contribution >= 4 is 10.8 Å². The van der Waals surface area contributed by atoms with Crippen LogP contribution in [0.25, 0.3) is 0 Å². The normalized spacial score (nSPS) is 41.3. The van der Waals surface area contributed by atoms with Crippen molar-refractivity contribution in [3.8, 4) is 0 Å². The molecule has 0 saturated carbocycles. The van der Waals surface area contributed by atoms with E-state index in [0.29, 0.717) is 12.8 Å². The van der Waals surface area contributed by atoms with Gasteiger partial charge in [-0.15, -0.1) is 0 Å². The van der Waals surface area contributed by atoms with Crippen molar-refractivity contribution in [3.63, 3.8) is 0 Å². The van der Waals surface area contributed by atoms with E-state index in [0.717, 1.165) is 24.8 Å². The molecule has 2 atom stereocenters. The Bertz CT molecular complexity index is 521. The number of hydrogen-bond donors (Lipinski definition) is 1. The molecule has 96 valence electrons. The maximum absolute atomic E-state index is 12.0. The van der Waals surface area contributed by atoms with E-state index in [9.17, 15) is 9.32 Å². The third-order valence-electron chi connectivity index (χ3n) is 5.01. The molecule has 2 heterocycles. The highest BCUT2D eigenvalue weighted by atomic mass is 32.2. The van der Waals surface area contributed by atoms with Gasteiger partial charge in [-0.25, -0.2) is 0 Å². The van der Waals surface area contributed by atoms with Gasteiger partial charge in [-0.1, -0.05) is 18.2 Å². The molecule has 3 aliphatic rings. The summed E-state index contributed by atoms with van der Waals surface area (Å²) < 4.78 is 12.0. The number of fused-ring (bicyclic) bond motifs is 3. The maximum Gasteiger partial charge on any atom is 0.0919 e. The van der Waals surface area contributed by atoms with Crippen LogP contribution in [-0.2, 0) is 29.2 Å². The van der Waals surface area contributed by atoms with Gasteiger partial charge in [0.15, 0.2) is 0 Å². The van der Waals surface area contributed by atoms with Crippen LogP contribution in [0.2, 0.25) is 0 Å². The summed E-state index contributed by atoms with van der Waals surface area (Å²) in [5.41, 5.74) is 3.18. The molecule has 0 amide bonds. The molecule has 0 spiro atoms. The summed E-state index contributed by atoms with van der Waals surface area (Å²) in [7, 11) is -0.695. The van der Waals surface area contributed by atoms with Gasteiger partial charge >= 0.3 is 0 Å². The van der Waals surface area contributed by atoms with Gasteiger partial charge in [-0.3, -0.25) is 4.21 Å². The zero-order chi connectivity index (χ0) is 12.3. The molecule has 1 aromatic rings. The van der Waals surface area contributed by atoms with Crippen molar-refractivity contribution in [1.29, 1.82) is 0 Å². The van der Waals surface area contributed by atoms with Gasteiger partial charge in [-0.2, -0.15) is 0 Å². The molecule has 2 aliphatic heterocycles. The Balaban J connectivity index is 1.71. The van der Waals surface area contributed by atoms with Crippen LogP contribution in [0.15, 0.2) is 18.2 Å². The van der Waals surface area contributed by atoms with Crippen molar-refractivity contribution in [2.75, 3.05) is 0 Å². The maximum atomic E-state index is 12.0. The number of aliphatic hydroxyl groups is 1. The van der Waals surface area contributed by atoms with E-state index >= 15 is 0 Å². The van der Waals surface area contributed by atoms with E-state index in [1.807, 2.05) is 0 Å². The number of rotatable bonds is 1. The molecule has 4 rings (SSSR count). The van der Waals surface area contributed by atoms with Crippen molar-refractivity contribution in [3.05, 3.63) is 34.9 Å². The van der Waals surface area contributed by atoms with Crippen LogP contribution < -0.4 is 0 Å². The molecule has 2 nitrogen and oxygen atoms in total. The van der Waals surface area contributed by atoms with Crippen LogP contribution in [0.1, 0.15) is 42.4 Å². The van der Waals surface area contributed by atoms with Gasteiger partial charge in [0.2, 0.25) is 0 Å². The fourth-order valence-electron chi connectivity index (χ4n) is 3.80. The second-order valence-corrected chi connectivity index (χ2v) is 8.06. The molecule has 2 fully saturated rings. The van der Waals surface area contributed by atoms with Crippen LogP contribution in [-0.4, -0.2) is 19.8 Å². The van der Waals surface area contributed by atoms with Crippen LogP contribution in [0.5, 0.6) is 0 Å². The standard InChI is InChI=1S/C15H18O2S/c16-15(8-13-5-6-14(9-15)18(13)17)12-4-3-10-1-2-11(10)7-12/h3-4,7,13-14,16H,1-2,5-6,8-9H2. The first kappa shape index (κ1) is 11.2. The van der Waals surface area contributed by atoms with Gasteiger partial charge in [-0.05, 0) is 55.2 Å². The Hall–Kier alpha value is -0.670. The number of benzene rings is 1. The average Bonchev–Trinajstić information content (AvgIpc) is 2.55. The van der Waals surface area contributed by atoms with E-state index in [-0.39, 0.29) is 10.5 Å². The van der Waals surface area contributed by atoms with Crippen LogP contribution in [0.4, 0.5) is 0 Å². The summed E-state index contributed by atoms with van der Waals surface area (Å²) >= 11 is 0. The average molecular weight is 262 g/mol. The summed E-state index contributed by atoms with van der Waals surface area (Å²) in [6, 6.07) is 6.44. The van der Waals surface area contributed by atoms with Crippen LogP contribution in [0, 0.1) is 0 Å². The molecule has 1 N–H and O–H groups in total. The second-order valence-electron chi connectivity index (χ2n) is 6.07. The highest BCUT2D eigenvalue weighted by Gasteiger charge is 2.48. The number of aryl methyl sites for hydroxylation is 2. The lowest BCUT2D eigenvalue weighted by molar-refractivity contribution is 0.0183. The van der Waals surface area contributed by atoms with Gasteiger partial charge in [0.25, 0.3) is 0 Å². The SMILES string of the molecule is O=S1C2CCC1CC(O)(c1ccc3c(c1)CC3)C2. The van der Waals surface area contributed by atoms with Crippen LogP contribution >= 0.6 is 0 Å². The summed E-state index contributed by atoms with van der Waals surface area (Å²) in [5.74, 6) is 0. The Morgan fingerprint density at radius 1 is 1.11 bits per heavy atom. The predicted molar refractivity (Wildman–Crippen MR) is 71.9 cm³/mol. The molecule has 0 radical (unpaired) electrons. The topological polar surface area (TPSA) is 37.3 Å². The van der Waals surface area contributed by atoms with Gasteiger partial charge in [0, 0.05) is 21.3 Å². The quantitative estimate of drug-likeness (QED) is 0.841. The smallest absolute Gasteiger partial charge is 0.0919 e. The van der Waals surface area contributed by atoms with Crippen molar-refractivity contribution in [1.82, 2.24) is 0 Å². The van der Waals surface area contributed by atoms with E-state index < -0.39 is 16.4 Å². The van der Waals surface area contributed by atoms with Crippen molar-refractivity contribution in [2.24, 2.45) is 0 Å². The summed E-state index contributed by atoms with van der Waals surface area (Å²) in [6.45, 7) is 0. The summed E-state index contributed by atoms with van der Waals surface area (Å²) in [5, 5.41) is 11.4. The lowest BCUT2D eigenvalue weighted by Crippen LogP contribution is -2.40. The molecule has 2 unspecified atom stereocenters. The van der Waals surface area contributed by atoms with Crippen molar-refractivity contribution in [2.45, 2.75) is 54.6 Å². The van der Waals surface area contributed by atoms with Crippen molar-refractivity contribution < 1.29 is 9.32 Å². The Morgan fingerprint density at radius 3 is 2.33 bits per heavy atom. The largest absolute Gasteiger partial charge is 0.385 e. The van der Waals surface area contributed by atoms with Gasteiger partial charge in [0.1, 0.15) is 0 Å². The molecular weight excluding hydrogens is 244 g/mol. The minimum absolute atomic E-state index is 0.222. The van der Waals surface area contributed by atoms with E-state index in [1.54, 1.807) is 0 Å². The molecule has 2 saturated heterocycles. The molecule has 1 aromatic carbocycles. The lowest BCUT2D eigenvalue weighted by Gasteiger charge is -2.37. The Kier molecular flexibility index (Phi) is 2.28. The molecule has 0 aromatic heterocycles. The third-order valence-corrected chi connectivity index (χ3v) is 7.12. The first-order chi connectivity index (χ1) is 8.66. The predicted octanol–water partition coefficient (Wildman–Crippen LogP) is 2.05. The third kappa shape index (κ3) is 1.47. The zero-order valence-electron chi connectivity index (χ0n) is 10.4. The monoisotopic (exact) mass is 262 g/mol. The first-order valence-corrected chi connectivity index (χ1v) is 8.17. The Labute approximate surface area is 110 Å². The fourth-order valence-corrected chi connectivity index (χ4v) is 5.96. The summed E-state index contributed by atoms with van der Waals surface area (Å²) in [4.78, 5) is 0. The molecule has 3 heteroatoms. The second kappa shape index (κ2) is 3.67. The first-order valence-electron chi connectivity index (χ1n) is 6.90. The zero-order valence-corrected chi connectivity index (χ0v) is 11.2. The minimum atomic E-state index is -0.718. The fraction of sp³-hybridized carbons (Fsp3) is 0.600. The Morgan fingerprint density at radius 2 is 1.78 bits per heavy atom. The highest BCUT2D eigenvalue weighted by molar-refractivity contribution is 7.86. The lowest BCUT2D eigenvalue weighted by atomic mass is 9.80. The van der Waals surface area contributed by atoms with E-state index in [1.165, 1.54) is 17.5 Å². The summed E-state index contributed by atoms with van der Waals surface area (Å²) in [6.07, 6.45) is 5.78. The molecule has 2 bridgehead atoms. The molecule has 1 aliphatic carbocycles. The molecular formula is C15H18O2S. The molecule has 18 heavy (non-hydrogen) atoms. The minimum Gasteiger partial charge on any atom is -0.385 e. The van der Waals surface area contributed by atoms with Crippen LogP contribution in [0.3, 0.4) is 0 Å². The van der Waals surface area contributed by atoms with E-state index in [2.05, 4.69) is 18.2 Å². The van der Waals surface area contributed by atoms with Gasteiger partial charge < -0.3 is 5.11 Å². The van der Waals surface area contributed by atoms with Gasteiger partial charge in [0.05, 0.1) is 5.60 Å². The van der Waals surface area contributed by atoms with E-state index in [4.69, 9.17) is 0 Å². The number of hydrogen-bond acceptors (Lipinski definition) is 2. The highest BCUT2D eigenvalue weighted by Crippen LogP contribution is 2.46.